The molecule has 3 aromatic heterocycles. The molecule has 7 nitrogen and oxygen atoms in total. The summed E-state index contributed by atoms with van der Waals surface area (Å²) in [5.41, 5.74) is 1.94. The van der Waals surface area contributed by atoms with Gasteiger partial charge < -0.3 is 16.0 Å². The zero-order chi connectivity index (χ0) is 17.5. The average molecular weight is 349 g/mol. The molecule has 0 spiro atoms. The van der Waals surface area contributed by atoms with Crippen LogP contribution in [0, 0.1) is 6.92 Å². The van der Waals surface area contributed by atoms with Crippen LogP contribution in [0.3, 0.4) is 0 Å². The molecule has 134 valence electrons. The Labute approximate surface area is 152 Å². The van der Waals surface area contributed by atoms with Gasteiger partial charge in [0.05, 0.1) is 5.52 Å². The zero-order valence-electron chi connectivity index (χ0n) is 14.8. The molecule has 2 atom stereocenters. The van der Waals surface area contributed by atoms with Crippen molar-refractivity contribution in [1.82, 2.24) is 25.5 Å². The summed E-state index contributed by atoms with van der Waals surface area (Å²) in [6, 6.07) is 9.71. The number of pyridine rings is 2. The van der Waals surface area contributed by atoms with Gasteiger partial charge in [0.15, 0.2) is 5.82 Å². The normalized spacial score (nSPS) is 24.7. The Bertz CT molecular complexity index is 923. The Morgan fingerprint density at radius 3 is 2.73 bits per heavy atom. The molecule has 4 N–H and O–H groups in total. The van der Waals surface area contributed by atoms with Crippen LogP contribution in [-0.2, 0) is 0 Å². The predicted molar refractivity (Wildman–Crippen MR) is 103 cm³/mol. The topological polar surface area (TPSA) is 90.6 Å². The average Bonchev–Trinajstić information content (AvgIpc) is 3.19. The van der Waals surface area contributed by atoms with Gasteiger partial charge in [-0.1, -0.05) is 0 Å². The van der Waals surface area contributed by atoms with Gasteiger partial charge in [-0.3, -0.25) is 10.1 Å². The number of nitrogens with one attached hydrogen (secondary N) is 4. The van der Waals surface area contributed by atoms with E-state index in [2.05, 4.69) is 37.2 Å². The molecule has 26 heavy (non-hydrogen) atoms. The van der Waals surface area contributed by atoms with E-state index in [1.165, 1.54) is 12.8 Å². The molecule has 0 radical (unpaired) electrons. The first-order valence-corrected chi connectivity index (χ1v) is 9.30. The second kappa shape index (κ2) is 6.25. The lowest BCUT2D eigenvalue weighted by Gasteiger charge is -2.30. The smallest absolute Gasteiger partial charge is 0.153 e. The van der Waals surface area contributed by atoms with E-state index >= 15 is 0 Å². The van der Waals surface area contributed by atoms with Crippen LogP contribution < -0.4 is 16.0 Å². The monoisotopic (exact) mass is 349 g/mol. The van der Waals surface area contributed by atoms with Crippen molar-refractivity contribution in [2.24, 2.45) is 0 Å². The largest absolute Gasteiger partial charge is 0.367 e. The lowest BCUT2D eigenvalue weighted by molar-refractivity contribution is 0.378. The van der Waals surface area contributed by atoms with Crippen LogP contribution >= 0.6 is 0 Å². The van der Waals surface area contributed by atoms with Crippen molar-refractivity contribution in [3.8, 4) is 0 Å². The van der Waals surface area contributed by atoms with Crippen molar-refractivity contribution >= 4 is 28.4 Å². The minimum Gasteiger partial charge on any atom is -0.367 e. The molecule has 2 saturated heterocycles. The van der Waals surface area contributed by atoms with E-state index in [1.807, 2.05) is 31.3 Å². The van der Waals surface area contributed by atoms with Crippen molar-refractivity contribution in [3.63, 3.8) is 0 Å². The summed E-state index contributed by atoms with van der Waals surface area (Å²) in [4.78, 5) is 9.36. The number of hydrogen-bond donors (Lipinski definition) is 4. The van der Waals surface area contributed by atoms with Crippen LogP contribution in [0.5, 0.6) is 0 Å². The second-order valence-corrected chi connectivity index (χ2v) is 7.44. The highest BCUT2D eigenvalue weighted by atomic mass is 15.2. The fraction of sp³-hybridized carbons (Fsp3) is 0.421. The Balaban J connectivity index is 1.46. The molecule has 2 aliphatic rings. The highest BCUT2D eigenvalue weighted by molar-refractivity contribution is 5.91. The lowest BCUT2D eigenvalue weighted by atomic mass is 9.99. The molecule has 2 aliphatic heterocycles. The minimum absolute atomic E-state index is 0.451. The molecule has 3 aromatic rings. The van der Waals surface area contributed by atoms with Gasteiger partial charge in [-0.15, -0.1) is 0 Å². The molecule has 0 saturated carbocycles. The molecule has 0 unspecified atom stereocenters. The lowest BCUT2D eigenvalue weighted by Crippen LogP contribution is -2.43. The number of aromatic nitrogens is 4. The maximum Gasteiger partial charge on any atom is 0.153 e. The summed E-state index contributed by atoms with van der Waals surface area (Å²) >= 11 is 0. The van der Waals surface area contributed by atoms with Gasteiger partial charge in [-0.2, -0.15) is 5.10 Å². The van der Waals surface area contributed by atoms with Gasteiger partial charge in [0.1, 0.15) is 11.6 Å². The molecule has 2 fully saturated rings. The third kappa shape index (κ3) is 2.99. The van der Waals surface area contributed by atoms with Gasteiger partial charge in [-0.25, -0.2) is 4.98 Å². The van der Waals surface area contributed by atoms with E-state index in [9.17, 15) is 0 Å². The van der Waals surface area contributed by atoms with Crippen LogP contribution in [0.25, 0.3) is 10.9 Å². The third-order valence-electron chi connectivity index (χ3n) is 5.38. The molecule has 2 bridgehead atoms. The number of hydrogen-bond acceptors (Lipinski definition) is 6. The van der Waals surface area contributed by atoms with Crippen molar-refractivity contribution < 1.29 is 0 Å². The molecule has 0 aromatic carbocycles. The summed E-state index contributed by atoms with van der Waals surface area (Å²) < 4.78 is 0. The molecule has 7 heteroatoms. The maximum absolute atomic E-state index is 4.83. The Kier molecular flexibility index (Phi) is 3.74. The zero-order valence-corrected chi connectivity index (χ0v) is 14.8. The summed E-state index contributed by atoms with van der Waals surface area (Å²) in [5.74, 6) is 2.41. The number of nitrogens with zero attached hydrogens (tertiary/aromatic N) is 3. The van der Waals surface area contributed by atoms with Crippen LogP contribution in [0.1, 0.15) is 31.4 Å². The van der Waals surface area contributed by atoms with Crippen LogP contribution in [-0.4, -0.2) is 38.3 Å². The quantitative estimate of drug-likeness (QED) is 0.579. The highest BCUT2D eigenvalue weighted by Gasteiger charge is 2.33. The van der Waals surface area contributed by atoms with Gasteiger partial charge in [0, 0.05) is 47.5 Å². The number of anilines is 3. The third-order valence-corrected chi connectivity index (χ3v) is 5.38. The van der Waals surface area contributed by atoms with Crippen LogP contribution in [0.15, 0.2) is 30.5 Å². The second-order valence-electron chi connectivity index (χ2n) is 7.44. The summed E-state index contributed by atoms with van der Waals surface area (Å²) in [7, 11) is 0. The first kappa shape index (κ1) is 15.6. The molecule has 5 rings (SSSR count). The first-order valence-electron chi connectivity index (χ1n) is 9.30. The van der Waals surface area contributed by atoms with Gasteiger partial charge in [-0.05, 0) is 44.7 Å². The van der Waals surface area contributed by atoms with Crippen LogP contribution in [0.4, 0.5) is 17.5 Å². The molecular formula is C19H23N7. The van der Waals surface area contributed by atoms with Crippen molar-refractivity contribution in [2.45, 2.75) is 50.7 Å². The van der Waals surface area contributed by atoms with Gasteiger partial charge >= 0.3 is 0 Å². The first-order chi connectivity index (χ1) is 12.7. The highest BCUT2D eigenvalue weighted by Crippen LogP contribution is 2.31. The molecule has 0 aliphatic carbocycles. The summed E-state index contributed by atoms with van der Waals surface area (Å²) in [5, 5.41) is 18.9. The predicted octanol–water partition coefficient (Wildman–Crippen LogP) is 3.10. The van der Waals surface area contributed by atoms with E-state index in [0.29, 0.717) is 18.1 Å². The number of piperidine rings is 1. The van der Waals surface area contributed by atoms with Crippen molar-refractivity contribution in [2.75, 3.05) is 10.6 Å². The summed E-state index contributed by atoms with van der Waals surface area (Å²) in [6.07, 6.45) is 6.70. The van der Waals surface area contributed by atoms with E-state index in [-0.39, 0.29) is 0 Å². The number of fused-ring (bicyclic) bond motifs is 3. The van der Waals surface area contributed by atoms with E-state index in [4.69, 9.17) is 4.98 Å². The fourth-order valence-electron chi connectivity index (χ4n) is 4.23. The fourth-order valence-corrected chi connectivity index (χ4v) is 4.23. The summed E-state index contributed by atoms with van der Waals surface area (Å²) in [6.45, 7) is 1.98. The SMILES string of the molecule is Cc1cc(Nc2cc3ncccc3c(NC3C[C@@H]4CC[C@@H](C3)N4)n2)n[nH]1. The Morgan fingerprint density at radius 1 is 1.12 bits per heavy atom. The molecule has 0 amide bonds. The number of rotatable bonds is 4. The van der Waals surface area contributed by atoms with E-state index in [0.717, 1.165) is 46.9 Å². The van der Waals surface area contributed by atoms with Gasteiger partial charge in [0.2, 0.25) is 0 Å². The molecular weight excluding hydrogens is 326 g/mol. The Hall–Kier alpha value is -2.67. The number of H-pyrrole nitrogens is 1. The Morgan fingerprint density at radius 2 is 1.96 bits per heavy atom. The van der Waals surface area contributed by atoms with Crippen molar-refractivity contribution in [1.29, 1.82) is 0 Å². The van der Waals surface area contributed by atoms with Gasteiger partial charge in [0.25, 0.3) is 0 Å². The number of aryl methyl sites for hydroxylation is 1. The van der Waals surface area contributed by atoms with Crippen molar-refractivity contribution in [3.05, 3.63) is 36.2 Å². The minimum atomic E-state index is 0.451. The maximum atomic E-state index is 4.83. The number of aromatic amines is 1. The standard InChI is InChI=1S/C19H23N7/c1-11-7-18(26-25-11)23-17-10-16-15(3-2-6-20-16)19(24-17)22-14-8-12-4-5-13(9-14)21-12/h2-3,6-7,10,12-14,21H,4-5,8-9H2,1H3,(H3,22,23,24,25,26)/t12-,13-/m0/s1. The molecule has 5 heterocycles. The van der Waals surface area contributed by atoms with E-state index in [1.54, 1.807) is 0 Å². The van der Waals surface area contributed by atoms with Crippen LogP contribution in [0.2, 0.25) is 0 Å². The van der Waals surface area contributed by atoms with E-state index < -0.39 is 0 Å².